The summed E-state index contributed by atoms with van der Waals surface area (Å²) in [6, 6.07) is 0. The fraction of sp³-hybridized carbons (Fsp3) is 0.842. The highest BCUT2D eigenvalue weighted by molar-refractivity contribution is 7.75. The van der Waals surface area contributed by atoms with Gasteiger partial charge in [-0.25, -0.2) is 0 Å². The van der Waals surface area contributed by atoms with E-state index in [0.717, 1.165) is 12.8 Å². The van der Waals surface area contributed by atoms with Gasteiger partial charge in [0.25, 0.3) is 0 Å². The molecule has 9 atom stereocenters. The highest BCUT2D eigenvalue weighted by Crippen LogP contribution is 2.68. The van der Waals surface area contributed by atoms with Gasteiger partial charge in [0, 0.05) is 5.92 Å². The van der Waals surface area contributed by atoms with Gasteiger partial charge in [0.05, 0.1) is 17.6 Å². The Labute approximate surface area is 151 Å². The van der Waals surface area contributed by atoms with Crippen molar-refractivity contribution in [2.45, 2.75) is 57.6 Å². The molecule has 0 saturated heterocycles. The first kappa shape index (κ1) is 21.1. The van der Waals surface area contributed by atoms with Crippen LogP contribution in [-0.2, 0) is 4.74 Å². The summed E-state index contributed by atoms with van der Waals surface area (Å²) in [5.41, 5.74) is -0.656. The average Bonchev–Trinajstić information content (AvgIpc) is 3.27. The van der Waals surface area contributed by atoms with Crippen molar-refractivity contribution in [3.63, 3.8) is 0 Å². The first-order valence-corrected chi connectivity index (χ1v) is 15.6. The van der Waals surface area contributed by atoms with Crippen molar-refractivity contribution in [1.82, 2.24) is 0 Å². The Morgan fingerprint density at radius 1 is 1.17 bits per heavy atom. The molecule has 0 aromatic heterocycles. The first-order chi connectivity index (χ1) is 11.1. The lowest BCUT2D eigenvalue weighted by atomic mass is 9.82. The summed E-state index contributed by atoms with van der Waals surface area (Å²) in [7, 11) is -1.87. The topological polar surface area (TPSA) is 29.5 Å². The van der Waals surface area contributed by atoms with Crippen LogP contribution in [0, 0.1) is 17.8 Å². The van der Waals surface area contributed by atoms with Crippen LogP contribution < -0.4 is 0 Å². The Balaban J connectivity index is 2.02. The highest BCUT2D eigenvalue weighted by Gasteiger charge is 2.73. The van der Waals surface area contributed by atoms with Gasteiger partial charge in [-0.3, -0.25) is 0 Å². The predicted octanol–water partition coefficient (Wildman–Crippen LogP) is 4.06. The number of ether oxygens (including phenoxy) is 1. The van der Waals surface area contributed by atoms with E-state index in [-0.39, 0.29) is 11.5 Å². The third-order valence-electron chi connectivity index (χ3n) is 7.10. The minimum Gasteiger partial charge on any atom is -0.389 e. The summed E-state index contributed by atoms with van der Waals surface area (Å²) in [6.07, 6.45) is 19.1. The second kappa shape index (κ2) is 7.82. The molecule has 2 aliphatic rings. The van der Waals surface area contributed by atoms with E-state index in [2.05, 4.69) is 46.6 Å². The monoisotopic (exact) mass is 392 g/mol. The van der Waals surface area contributed by atoms with Crippen LogP contribution in [0.25, 0.3) is 0 Å². The van der Waals surface area contributed by atoms with Crippen LogP contribution >= 0.6 is 22.6 Å². The van der Waals surface area contributed by atoms with Crippen LogP contribution in [0.3, 0.4) is 0 Å². The van der Waals surface area contributed by atoms with E-state index in [0.29, 0.717) is 17.2 Å². The first-order valence-electron chi connectivity index (χ1n) is 9.50. The minimum atomic E-state index is -0.805. The quantitative estimate of drug-likeness (QED) is 0.600. The fourth-order valence-corrected chi connectivity index (χ4v) is 13.8. The Morgan fingerprint density at radius 3 is 2.25 bits per heavy atom. The summed E-state index contributed by atoms with van der Waals surface area (Å²) >= 11 is 0. The number of aliphatic hydroxyl groups is 1. The lowest BCUT2D eigenvalue weighted by Crippen LogP contribution is -2.40. The molecule has 0 aliphatic heterocycles. The molecule has 0 bridgehead atoms. The van der Waals surface area contributed by atoms with Gasteiger partial charge in [-0.05, 0) is 49.1 Å². The normalized spacial score (nSPS) is 43.0. The van der Waals surface area contributed by atoms with Crippen molar-refractivity contribution in [2.24, 2.45) is 17.8 Å². The van der Waals surface area contributed by atoms with Crippen molar-refractivity contribution in [3.8, 4) is 0 Å². The molecule has 2 saturated carbocycles. The lowest BCUT2D eigenvalue weighted by molar-refractivity contribution is -0.0673. The molecule has 0 aromatic rings. The maximum atomic E-state index is 10.8. The van der Waals surface area contributed by atoms with Crippen molar-refractivity contribution in [2.75, 3.05) is 24.8 Å². The zero-order valence-electron chi connectivity index (χ0n) is 16.3. The van der Waals surface area contributed by atoms with Crippen LogP contribution in [0.2, 0.25) is 0 Å². The zero-order chi connectivity index (χ0) is 18.3. The van der Waals surface area contributed by atoms with E-state index in [9.17, 15) is 5.11 Å². The molecule has 0 aromatic carbocycles. The standard InChI is InChI=1S/C19H39O2P3/c1-9-22(6)12-17(23(7)10-2)24(8)13-21-19-11-16(19)14(3)18(5,20)15(19)4/h14-17,20,22-24H,6-13H2,1-5H3/t14-,15+,16?,17?,18+,19?/m1/s1. The van der Waals surface area contributed by atoms with E-state index >= 15 is 0 Å². The number of hydrogen-bond donors (Lipinski definition) is 1. The highest BCUT2D eigenvalue weighted by atomic mass is 31.2. The van der Waals surface area contributed by atoms with E-state index in [1.807, 2.05) is 6.92 Å². The smallest absolute Gasteiger partial charge is 0.0776 e. The predicted molar refractivity (Wildman–Crippen MR) is 122 cm³/mol. The molecule has 0 spiro atoms. The van der Waals surface area contributed by atoms with Crippen molar-refractivity contribution < 1.29 is 9.84 Å². The molecule has 142 valence electrons. The molecule has 2 aliphatic carbocycles. The molecule has 0 radical (unpaired) electrons. The van der Waals surface area contributed by atoms with Crippen LogP contribution in [0.15, 0.2) is 0 Å². The van der Waals surface area contributed by atoms with Gasteiger partial charge in [-0.1, -0.05) is 35.2 Å². The van der Waals surface area contributed by atoms with E-state index in [1.165, 1.54) is 18.5 Å². The summed E-state index contributed by atoms with van der Waals surface area (Å²) in [4.78, 5) is 0. The van der Waals surface area contributed by atoms with Crippen molar-refractivity contribution in [3.05, 3.63) is 0 Å². The zero-order valence-corrected chi connectivity index (χ0v) is 19.3. The largest absolute Gasteiger partial charge is 0.389 e. The molecular weight excluding hydrogens is 353 g/mol. The van der Waals surface area contributed by atoms with Gasteiger partial charge in [0.1, 0.15) is 0 Å². The third kappa shape index (κ3) is 3.75. The van der Waals surface area contributed by atoms with Gasteiger partial charge in [-0.15, -0.1) is 34.0 Å². The van der Waals surface area contributed by atoms with Crippen molar-refractivity contribution in [1.29, 1.82) is 0 Å². The van der Waals surface area contributed by atoms with Crippen LogP contribution in [0.4, 0.5) is 0 Å². The van der Waals surface area contributed by atoms with E-state index in [4.69, 9.17) is 4.74 Å². The maximum absolute atomic E-state index is 10.8. The molecule has 5 heteroatoms. The number of hydrogen-bond acceptors (Lipinski definition) is 2. The molecular formula is C19H39O2P3. The lowest BCUT2D eigenvalue weighted by Gasteiger charge is -2.34. The number of rotatable bonds is 9. The second-order valence-electron chi connectivity index (χ2n) is 8.32. The summed E-state index contributed by atoms with van der Waals surface area (Å²) in [5, 5.41) is 11.5. The van der Waals surface area contributed by atoms with Crippen LogP contribution in [0.5, 0.6) is 0 Å². The molecule has 2 rings (SSSR count). The molecule has 2 fully saturated rings. The maximum Gasteiger partial charge on any atom is 0.0776 e. The minimum absolute atomic E-state index is 0.0651. The van der Waals surface area contributed by atoms with Gasteiger partial charge in [0.2, 0.25) is 0 Å². The van der Waals surface area contributed by atoms with Gasteiger partial charge >= 0.3 is 0 Å². The third-order valence-corrected chi connectivity index (χ3v) is 16.2. The Hall–Kier alpha value is 0.820. The molecule has 24 heavy (non-hydrogen) atoms. The van der Waals surface area contributed by atoms with Gasteiger partial charge < -0.3 is 9.84 Å². The van der Waals surface area contributed by atoms with E-state index in [1.54, 1.807) is 0 Å². The molecule has 2 nitrogen and oxygen atoms in total. The molecule has 0 amide bonds. The SMILES string of the molecule is C=[PH](CC)CC([PH](=C)CC)[PH](=C)COC12CC1[C@@H](C)[C@](C)(O)[C@@H]2C. The van der Waals surface area contributed by atoms with Crippen LogP contribution in [0.1, 0.15) is 41.0 Å². The summed E-state index contributed by atoms with van der Waals surface area (Å²) in [5.74, 6) is 1.09. The summed E-state index contributed by atoms with van der Waals surface area (Å²) < 4.78 is 6.54. The van der Waals surface area contributed by atoms with Gasteiger partial charge in [0.15, 0.2) is 0 Å². The Bertz CT molecular complexity index is 543. The van der Waals surface area contributed by atoms with E-state index < -0.39 is 28.2 Å². The Kier molecular flexibility index (Phi) is 6.89. The fourth-order valence-electron chi connectivity index (χ4n) is 4.55. The Morgan fingerprint density at radius 2 is 1.79 bits per heavy atom. The van der Waals surface area contributed by atoms with Crippen LogP contribution in [-0.4, -0.2) is 65.4 Å². The van der Waals surface area contributed by atoms with Crippen molar-refractivity contribution >= 4 is 41.5 Å². The molecule has 1 N–H and O–H groups in total. The summed E-state index contributed by atoms with van der Waals surface area (Å²) in [6.45, 7) is 10.9. The second-order valence-corrected chi connectivity index (χ2v) is 16.5. The van der Waals surface area contributed by atoms with Gasteiger partial charge in [-0.2, -0.15) is 0 Å². The molecule has 6 unspecified atom stereocenters. The number of fused-ring (bicyclic) bond motifs is 1. The molecule has 0 heterocycles. The average molecular weight is 392 g/mol.